The molecule has 2 aliphatic heterocycles. The van der Waals surface area contributed by atoms with Crippen LogP contribution in [0, 0.1) is 12.8 Å². The number of nitrogens with two attached hydrogens (primary N) is 1. The van der Waals surface area contributed by atoms with E-state index in [4.69, 9.17) is 25.2 Å². The van der Waals surface area contributed by atoms with Gasteiger partial charge in [-0.05, 0) is 63.5 Å². The maximum absolute atomic E-state index is 14.4. The molecule has 5 atom stereocenters. The van der Waals surface area contributed by atoms with E-state index in [-0.39, 0.29) is 25.3 Å². The van der Waals surface area contributed by atoms with Crippen molar-refractivity contribution in [1.29, 1.82) is 0 Å². The first-order chi connectivity index (χ1) is 26.7. The predicted octanol–water partition coefficient (Wildman–Crippen LogP) is 4.19. The first-order valence-corrected chi connectivity index (χ1v) is 21.6. The van der Waals surface area contributed by atoms with Crippen molar-refractivity contribution in [3.63, 3.8) is 0 Å². The molecule has 17 heteroatoms. The number of hydrogen-bond acceptors (Lipinski definition) is 11. The number of urea groups is 1. The van der Waals surface area contributed by atoms with E-state index in [0.717, 1.165) is 24.1 Å². The number of allylic oxidation sites excluding steroid dienone is 1. The highest BCUT2D eigenvalue weighted by molar-refractivity contribution is 7.91. The fraction of sp³-hybridized carbons (Fsp3) is 0.538. The van der Waals surface area contributed by atoms with E-state index in [1.807, 2.05) is 42.7 Å². The van der Waals surface area contributed by atoms with E-state index in [1.54, 1.807) is 7.11 Å². The molecule has 7 rings (SSSR count). The van der Waals surface area contributed by atoms with Gasteiger partial charge in [-0.2, -0.15) is 0 Å². The highest BCUT2D eigenvalue weighted by Gasteiger charge is 2.62. The Hall–Kier alpha value is -4.77. The number of carbonyl (C=O) groups is 4. The largest absolute Gasteiger partial charge is 0.496 e. The average Bonchev–Trinajstić information content (AvgIpc) is 4.03. The Labute approximate surface area is 330 Å². The maximum atomic E-state index is 14.4. The van der Waals surface area contributed by atoms with Crippen LogP contribution in [-0.2, 0) is 24.4 Å². The number of primary amides is 1. The third kappa shape index (κ3) is 8.06. The van der Waals surface area contributed by atoms with E-state index < -0.39 is 68.7 Å². The van der Waals surface area contributed by atoms with Crippen molar-refractivity contribution in [2.24, 2.45) is 11.7 Å². The second-order valence-corrected chi connectivity index (χ2v) is 18.4. The lowest BCUT2D eigenvalue weighted by atomic mass is 10.0. The van der Waals surface area contributed by atoms with Gasteiger partial charge in [-0.3, -0.25) is 19.1 Å². The van der Waals surface area contributed by atoms with E-state index in [2.05, 4.69) is 29.2 Å². The number of fused-ring (bicyclic) bond motifs is 3. The van der Waals surface area contributed by atoms with E-state index in [0.29, 0.717) is 65.2 Å². The summed E-state index contributed by atoms with van der Waals surface area (Å²) in [5.41, 5.74) is 6.99. The Balaban J connectivity index is 1.24. The number of ether oxygens (including phenoxy) is 2. The third-order valence-electron chi connectivity index (χ3n) is 11.2. The number of nitrogens with zero attached hydrogens (tertiary/aromatic N) is 3. The molecule has 15 nitrogen and oxygen atoms in total. The van der Waals surface area contributed by atoms with Crippen molar-refractivity contribution < 1.29 is 37.1 Å². The molecule has 0 unspecified atom stereocenters. The number of thiazole rings is 1. The zero-order valence-corrected chi connectivity index (χ0v) is 33.6. The van der Waals surface area contributed by atoms with Gasteiger partial charge >= 0.3 is 6.03 Å². The number of hydrogen-bond donors (Lipinski definition) is 4. The molecule has 0 spiro atoms. The zero-order valence-electron chi connectivity index (χ0n) is 32.0. The van der Waals surface area contributed by atoms with Crippen LogP contribution in [0.4, 0.5) is 4.79 Å². The second kappa shape index (κ2) is 15.6. The van der Waals surface area contributed by atoms with Gasteiger partial charge in [0.25, 0.3) is 5.91 Å². The molecule has 2 aromatic heterocycles. The number of aryl methyl sites for hydroxylation is 1. The van der Waals surface area contributed by atoms with Gasteiger partial charge in [0.1, 0.15) is 45.9 Å². The normalized spacial score (nSPS) is 26.3. The molecule has 3 fully saturated rings. The van der Waals surface area contributed by atoms with Crippen LogP contribution in [0.1, 0.15) is 88.8 Å². The van der Waals surface area contributed by atoms with Gasteiger partial charge in [-0.1, -0.05) is 38.8 Å². The Bertz CT molecular complexity index is 2190. The molecular weight excluding hydrogens is 759 g/mol. The summed E-state index contributed by atoms with van der Waals surface area (Å²) in [6, 6.07) is 2.51. The van der Waals surface area contributed by atoms with Crippen molar-refractivity contribution in [1.82, 2.24) is 30.2 Å². The Kier molecular flexibility index (Phi) is 11.0. The molecule has 0 bridgehead atoms. The molecule has 1 aromatic carbocycles. The summed E-state index contributed by atoms with van der Waals surface area (Å²) in [4.78, 5) is 65.9. The molecule has 0 radical (unpaired) electrons. The van der Waals surface area contributed by atoms with Crippen molar-refractivity contribution in [2.45, 2.75) is 113 Å². The summed E-state index contributed by atoms with van der Waals surface area (Å²) < 4.78 is 40.3. The highest BCUT2D eigenvalue weighted by Crippen LogP contribution is 2.46. The number of pyridine rings is 1. The number of sulfonamides is 1. The topological polar surface area (TPSA) is 212 Å². The quantitative estimate of drug-likeness (QED) is 0.227. The number of benzene rings is 1. The Morgan fingerprint density at radius 2 is 1.89 bits per heavy atom. The van der Waals surface area contributed by atoms with E-state index in [1.165, 1.54) is 16.2 Å². The van der Waals surface area contributed by atoms with Gasteiger partial charge in [0, 0.05) is 34.7 Å². The van der Waals surface area contributed by atoms with Crippen LogP contribution < -0.4 is 30.6 Å². The molecule has 300 valence electrons. The standard InChI is InChI=1S/C39H49N7O8S2/c1-21(2)29-20-55-35(42-29)28-17-32(26-14-15-31(53-4)22(3)33(26)41-28)54-24-16-30-34(47)44-39(37(49)45-56(51,52)25-12-13-25)18-23(39)10-8-6-5-7-9-11-27(43-38(40)50)36(48)46(30)19-24/h8,10,14-15,17,20-21,23-25,27,30H,5-7,9,11-13,16,18-19H2,1-4H3,(H,44,47)(H,45,49)(H3,40,43,50)/b10-8-/t23-,24-,27+,30+,39-/m1/s1. The molecule has 5 amide bonds. The lowest BCUT2D eigenvalue weighted by Gasteiger charge is -2.29. The molecule has 2 saturated carbocycles. The number of amides is 5. The first-order valence-electron chi connectivity index (χ1n) is 19.2. The Morgan fingerprint density at radius 1 is 1.11 bits per heavy atom. The number of nitrogens with one attached hydrogen (secondary N) is 3. The van der Waals surface area contributed by atoms with Crippen molar-refractivity contribution in [3.05, 3.63) is 47.0 Å². The molecule has 1 saturated heterocycles. The smallest absolute Gasteiger partial charge is 0.312 e. The van der Waals surface area contributed by atoms with Gasteiger partial charge in [0.15, 0.2) is 0 Å². The molecule has 4 aliphatic rings. The van der Waals surface area contributed by atoms with Crippen molar-refractivity contribution >= 4 is 56.0 Å². The minimum atomic E-state index is -3.90. The summed E-state index contributed by atoms with van der Waals surface area (Å²) in [6.07, 6.45) is 7.45. The second-order valence-electron chi connectivity index (χ2n) is 15.6. The zero-order chi connectivity index (χ0) is 39.9. The third-order valence-corrected chi connectivity index (χ3v) is 13.9. The van der Waals surface area contributed by atoms with Gasteiger partial charge in [0.05, 0.1) is 30.1 Å². The highest BCUT2D eigenvalue weighted by atomic mass is 32.2. The molecular formula is C39H49N7O8S2. The average molecular weight is 808 g/mol. The molecule has 5 N–H and O–H groups in total. The van der Waals surface area contributed by atoms with Gasteiger partial charge in [0.2, 0.25) is 21.8 Å². The Morgan fingerprint density at radius 3 is 2.59 bits per heavy atom. The molecule has 56 heavy (non-hydrogen) atoms. The summed E-state index contributed by atoms with van der Waals surface area (Å²) in [7, 11) is -2.31. The van der Waals surface area contributed by atoms with Gasteiger partial charge < -0.3 is 30.7 Å². The first kappa shape index (κ1) is 39.5. The number of methoxy groups -OCH3 is 1. The number of aromatic nitrogens is 2. The summed E-state index contributed by atoms with van der Waals surface area (Å²) >= 11 is 1.47. The van der Waals surface area contributed by atoms with Gasteiger partial charge in [-0.15, -0.1) is 11.3 Å². The monoisotopic (exact) mass is 807 g/mol. The van der Waals surface area contributed by atoms with Crippen LogP contribution in [0.2, 0.25) is 0 Å². The van der Waals surface area contributed by atoms with Crippen LogP contribution in [0.3, 0.4) is 0 Å². The molecule has 3 aromatic rings. The molecule has 2 aliphatic carbocycles. The number of carbonyl (C=O) groups excluding carboxylic acids is 4. The minimum Gasteiger partial charge on any atom is -0.496 e. The predicted molar refractivity (Wildman–Crippen MR) is 211 cm³/mol. The summed E-state index contributed by atoms with van der Waals surface area (Å²) in [5.74, 6) is -1.03. The van der Waals surface area contributed by atoms with Gasteiger partial charge in [-0.25, -0.2) is 23.2 Å². The number of rotatable bonds is 9. The van der Waals surface area contributed by atoms with Crippen LogP contribution in [0.25, 0.3) is 21.6 Å². The maximum Gasteiger partial charge on any atom is 0.312 e. The fourth-order valence-corrected chi connectivity index (χ4v) is 9.98. The van der Waals surface area contributed by atoms with E-state index >= 15 is 0 Å². The van der Waals surface area contributed by atoms with E-state index in [9.17, 15) is 27.6 Å². The van der Waals surface area contributed by atoms with Crippen molar-refractivity contribution in [2.75, 3.05) is 13.7 Å². The fourth-order valence-electron chi connectivity index (χ4n) is 7.68. The van der Waals surface area contributed by atoms with Crippen LogP contribution in [0.15, 0.2) is 35.7 Å². The lowest BCUT2D eigenvalue weighted by molar-refractivity contribution is -0.141. The molecule has 4 heterocycles. The van der Waals surface area contributed by atoms with Crippen LogP contribution >= 0.6 is 11.3 Å². The van der Waals surface area contributed by atoms with Crippen LogP contribution in [0.5, 0.6) is 11.5 Å². The summed E-state index contributed by atoms with van der Waals surface area (Å²) in [6.45, 7) is 6.03. The van der Waals surface area contributed by atoms with Crippen LogP contribution in [-0.4, -0.2) is 89.7 Å². The lowest BCUT2D eigenvalue weighted by Crippen LogP contribution is -2.58. The minimum absolute atomic E-state index is 0.0184. The summed E-state index contributed by atoms with van der Waals surface area (Å²) in [5, 5.41) is 8.24. The van der Waals surface area contributed by atoms with Crippen molar-refractivity contribution in [3.8, 4) is 22.2 Å². The SMILES string of the molecule is COc1ccc2c(O[C@@H]3C[C@H]4C(=O)N[C@]5(C(=O)NS(=O)(=O)C6CC6)C[C@H]5/C=C\CCCCC[C@H](NC(N)=O)C(=O)N4C3)cc(-c3nc(C(C)C)cs3)nc2c1C.